The van der Waals surface area contributed by atoms with Gasteiger partial charge in [0.2, 0.25) is 0 Å². The second kappa shape index (κ2) is 4.00. The highest BCUT2D eigenvalue weighted by atomic mass is 16.3. The third kappa shape index (κ3) is 1.98. The fourth-order valence-corrected chi connectivity index (χ4v) is 1.82. The molecule has 1 atom stereocenters. The van der Waals surface area contributed by atoms with Gasteiger partial charge in [0.05, 0.1) is 5.69 Å². The van der Waals surface area contributed by atoms with Gasteiger partial charge in [0.25, 0.3) is 0 Å². The molecule has 17 heavy (non-hydrogen) atoms. The van der Waals surface area contributed by atoms with E-state index < -0.39 is 5.60 Å². The van der Waals surface area contributed by atoms with Crippen molar-refractivity contribution in [1.82, 2.24) is 9.38 Å². The molecule has 90 valence electrons. The van der Waals surface area contributed by atoms with E-state index in [2.05, 4.69) is 4.98 Å². The van der Waals surface area contributed by atoms with Gasteiger partial charge in [-0.1, -0.05) is 12.1 Å². The first-order chi connectivity index (χ1) is 7.95. The Balaban J connectivity index is 2.57. The van der Waals surface area contributed by atoms with Crippen LogP contribution in [0.2, 0.25) is 0 Å². The van der Waals surface area contributed by atoms with Crippen LogP contribution in [0.3, 0.4) is 0 Å². The van der Waals surface area contributed by atoms with Crippen molar-refractivity contribution in [2.24, 2.45) is 0 Å². The highest BCUT2D eigenvalue weighted by Crippen LogP contribution is 2.28. The van der Waals surface area contributed by atoms with Crippen LogP contribution in [0, 0.1) is 6.92 Å². The first kappa shape index (κ1) is 11.9. The molecule has 0 aliphatic carbocycles. The fourth-order valence-electron chi connectivity index (χ4n) is 1.82. The number of aliphatic hydroxyl groups is 1. The van der Waals surface area contributed by atoms with Crippen LogP contribution >= 0.6 is 0 Å². The number of allylic oxidation sites excluding steroid dienone is 1. The summed E-state index contributed by atoms with van der Waals surface area (Å²) in [5.41, 5.74) is 2.60. The van der Waals surface area contributed by atoms with E-state index in [4.69, 9.17) is 0 Å². The Morgan fingerprint density at radius 3 is 2.76 bits per heavy atom. The number of aromatic nitrogens is 2. The molecule has 0 saturated heterocycles. The Morgan fingerprint density at radius 2 is 2.12 bits per heavy atom. The summed E-state index contributed by atoms with van der Waals surface area (Å²) >= 11 is 0. The molecule has 2 aromatic rings. The molecular weight excluding hydrogens is 212 g/mol. The van der Waals surface area contributed by atoms with E-state index >= 15 is 0 Å². The maximum absolute atomic E-state index is 10.5. The molecule has 2 rings (SSSR count). The molecule has 1 N–H and O–H groups in total. The summed E-state index contributed by atoms with van der Waals surface area (Å²) in [5, 5.41) is 10.5. The smallest absolute Gasteiger partial charge is 0.137 e. The van der Waals surface area contributed by atoms with E-state index in [0.717, 1.165) is 11.2 Å². The van der Waals surface area contributed by atoms with Gasteiger partial charge in [0, 0.05) is 12.4 Å². The Labute approximate surface area is 101 Å². The van der Waals surface area contributed by atoms with E-state index in [0.29, 0.717) is 5.69 Å². The lowest BCUT2D eigenvalue weighted by Gasteiger charge is -2.21. The van der Waals surface area contributed by atoms with E-state index in [1.807, 2.05) is 55.8 Å². The summed E-state index contributed by atoms with van der Waals surface area (Å²) in [5.74, 6) is 0. The third-order valence-electron chi connectivity index (χ3n) is 3.30. The highest BCUT2D eigenvalue weighted by Gasteiger charge is 2.27. The molecule has 0 radical (unpaired) electrons. The number of hydrogen-bond donors (Lipinski definition) is 1. The maximum atomic E-state index is 10.5. The number of fused-ring (bicyclic) bond motifs is 1. The van der Waals surface area contributed by atoms with Crippen molar-refractivity contribution >= 4 is 5.65 Å². The molecule has 0 aliphatic heterocycles. The molecule has 3 heteroatoms. The first-order valence-electron chi connectivity index (χ1n) is 5.76. The summed E-state index contributed by atoms with van der Waals surface area (Å²) in [6.07, 6.45) is 5.80. The van der Waals surface area contributed by atoms with Gasteiger partial charge in [0.15, 0.2) is 0 Å². The summed E-state index contributed by atoms with van der Waals surface area (Å²) in [4.78, 5) is 4.47. The molecular formula is C14H18N2O. The number of pyridine rings is 1. The standard InChI is InChI=1S/C14H18N2O/c1-5-11(3)14(4,17)12-9-16-8-10(2)6-7-13(16)15-12/h5-9,17H,1-4H3/b11-5+. The minimum absolute atomic E-state index is 0.679. The van der Waals surface area contributed by atoms with Crippen LogP contribution in [0.1, 0.15) is 32.0 Å². The van der Waals surface area contributed by atoms with Gasteiger partial charge in [-0.3, -0.25) is 0 Å². The van der Waals surface area contributed by atoms with E-state index in [9.17, 15) is 5.11 Å². The average Bonchev–Trinajstić information content (AvgIpc) is 2.71. The van der Waals surface area contributed by atoms with E-state index in [1.165, 1.54) is 5.56 Å². The lowest BCUT2D eigenvalue weighted by molar-refractivity contribution is 0.0931. The van der Waals surface area contributed by atoms with Gasteiger partial charge in [0.1, 0.15) is 11.2 Å². The predicted molar refractivity (Wildman–Crippen MR) is 68.9 cm³/mol. The van der Waals surface area contributed by atoms with Crippen molar-refractivity contribution < 1.29 is 5.11 Å². The molecule has 0 aliphatic rings. The average molecular weight is 230 g/mol. The Morgan fingerprint density at radius 1 is 1.41 bits per heavy atom. The summed E-state index contributed by atoms with van der Waals surface area (Å²) in [6, 6.07) is 3.98. The summed E-state index contributed by atoms with van der Waals surface area (Å²) < 4.78 is 1.95. The minimum atomic E-state index is -1.01. The largest absolute Gasteiger partial charge is 0.379 e. The minimum Gasteiger partial charge on any atom is -0.379 e. The van der Waals surface area contributed by atoms with Crippen LogP contribution in [0.4, 0.5) is 0 Å². The molecule has 0 amide bonds. The summed E-state index contributed by atoms with van der Waals surface area (Å²) in [6.45, 7) is 7.64. The molecule has 1 unspecified atom stereocenters. The van der Waals surface area contributed by atoms with Crippen molar-refractivity contribution in [2.75, 3.05) is 0 Å². The van der Waals surface area contributed by atoms with Crippen molar-refractivity contribution in [3.8, 4) is 0 Å². The SMILES string of the molecule is C/C=C(\C)C(C)(O)c1cn2cc(C)ccc2n1. The van der Waals surface area contributed by atoms with Crippen molar-refractivity contribution in [1.29, 1.82) is 0 Å². The second-order valence-corrected chi connectivity index (χ2v) is 4.64. The molecule has 3 nitrogen and oxygen atoms in total. The number of aryl methyl sites for hydroxylation is 1. The first-order valence-corrected chi connectivity index (χ1v) is 5.76. The van der Waals surface area contributed by atoms with Crippen molar-refractivity contribution in [3.63, 3.8) is 0 Å². The molecule has 0 fully saturated rings. The predicted octanol–water partition coefficient (Wildman–Crippen LogP) is 2.82. The Hall–Kier alpha value is -1.61. The van der Waals surface area contributed by atoms with Gasteiger partial charge >= 0.3 is 0 Å². The highest BCUT2D eigenvalue weighted by molar-refractivity contribution is 5.43. The number of nitrogens with zero attached hydrogens (tertiary/aromatic N) is 2. The van der Waals surface area contributed by atoms with E-state index in [-0.39, 0.29) is 0 Å². The molecule has 2 heterocycles. The third-order valence-corrected chi connectivity index (χ3v) is 3.30. The van der Waals surface area contributed by atoms with Gasteiger partial charge in [-0.05, 0) is 44.9 Å². The van der Waals surface area contributed by atoms with Crippen molar-refractivity contribution in [2.45, 2.75) is 33.3 Å². The Bertz CT molecular complexity index is 579. The molecule has 0 aromatic carbocycles. The lowest BCUT2D eigenvalue weighted by atomic mass is 9.94. The van der Waals surface area contributed by atoms with Gasteiger partial charge in [-0.25, -0.2) is 4.98 Å². The van der Waals surface area contributed by atoms with E-state index in [1.54, 1.807) is 6.92 Å². The summed E-state index contributed by atoms with van der Waals surface area (Å²) in [7, 11) is 0. The second-order valence-electron chi connectivity index (χ2n) is 4.64. The zero-order valence-corrected chi connectivity index (χ0v) is 10.7. The monoisotopic (exact) mass is 230 g/mol. The number of rotatable bonds is 2. The van der Waals surface area contributed by atoms with Crippen LogP contribution in [0.5, 0.6) is 0 Å². The fraction of sp³-hybridized carbons (Fsp3) is 0.357. The van der Waals surface area contributed by atoms with Gasteiger partial charge in [-0.2, -0.15) is 0 Å². The molecule has 0 saturated carbocycles. The molecule has 0 bridgehead atoms. The Kier molecular flexibility index (Phi) is 2.79. The topological polar surface area (TPSA) is 37.5 Å². The van der Waals surface area contributed by atoms with Gasteiger partial charge < -0.3 is 9.51 Å². The van der Waals surface area contributed by atoms with Crippen LogP contribution in [-0.2, 0) is 5.60 Å². The van der Waals surface area contributed by atoms with Crippen LogP contribution in [0.25, 0.3) is 5.65 Å². The van der Waals surface area contributed by atoms with Crippen molar-refractivity contribution in [3.05, 3.63) is 47.4 Å². The number of hydrogen-bond acceptors (Lipinski definition) is 2. The van der Waals surface area contributed by atoms with Crippen LogP contribution < -0.4 is 0 Å². The normalized spacial score (nSPS) is 16.2. The lowest BCUT2D eigenvalue weighted by Crippen LogP contribution is -2.23. The number of imidazole rings is 1. The van der Waals surface area contributed by atoms with Gasteiger partial charge in [-0.15, -0.1) is 0 Å². The quantitative estimate of drug-likeness (QED) is 0.805. The zero-order chi connectivity index (χ0) is 12.6. The maximum Gasteiger partial charge on any atom is 0.137 e. The molecule has 0 spiro atoms. The van der Waals surface area contributed by atoms with Crippen LogP contribution in [-0.4, -0.2) is 14.5 Å². The molecule has 2 aromatic heterocycles. The zero-order valence-electron chi connectivity index (χ0n) is 10.7. The van der Waals surface area contributed by atoms with Crippen LogP contribution in [0.15, 0.2) is 36.2 Å².